The number of ether oxygens (including phenoxy) is 1. The van der Waals surface area contributed by atoms with Crippen LogP contribution in [-0.4, -0.2) is 18.1 Å². The molecule has 1 aromatic carbocycles. The van der Waals surface area contributed by atoms with Crippen LogP contribution in [0.5, 0.6) is 0 Å². The van der Waals surface area contributed by atoms with Crippen molar-refractivity contribution in [2.45, 2.75) is 13.3 Å². The quantitative estimate of drug-likeness (QED) is 0.690. The van der Waals surface area contributed by atoms with Gasteiger partial charge in [-0.15, -0.1) is 0 Å². The molecular formula is C15H12F4N2O2. The number of rotatable bonds is 3. The number of nitrogen functional groups attached to an aromatic ring is 1. The van der Waals surface area contributed by atoms with Crippen molar-refractivity contribution in [1.82, 2.24) is 4.98 Å². The molecule has 1 heterocycles. The second kappa shape index (κ2) is 6.23. The van der Waals surface area contributed by atoms with Gasteiger partial charge in [0.05, 0.1) is 18.4 Å². The van der Waals surface area contributed by atoms with E-state index >= 15 is 0 Å². The molecule has 0 bridgehead atoms. The van der Waals surface area contributed by atoms with Gasteiger partial charge in [0.1, 0.15) is 11.6 Å². The number of aromatic nitrogens is 1. The van der Waals surface area contributed by atoms with E-state index in [4.69, 9.17) is 5.73 Å². The Morgan fingerprint density at radius 3 is 2.43 bits per heavy atom. The van der Waals surface area contributed by atoms with Crippen LogP contribution in [0.2, 0.25) is 0 Å². The molecule has 8 heteroatoms. The molecule has 4 nitrogen and oxygen atoms in total. The molecule has 0 fully saturated rings. The smallest absolute Gasteiger partial charge is 0.357 e. The lowest BCUT2D eigenvalue weighted by Gasteiger charge is -2.11. The first-order valence-electron chi connectivity index (χ1n) is 6.39. The van der Waals surface area contributed by atoms with Crippen LogP contribution < -0.4 is 5.73 Å². The average molecular weight is 328 g/mol. The molecule has 0 radical (unpaired) electrons. The molecule has 23 heavy (non-hydrogen) atoms. The topological polar surface area (TPSA) is 65.2 Å². The molecule has 122 valence electrons. The number of anilines is 1. The number of pyridine rings is 1. The number of halogens is 4. The Morgan fingerprint density at radius 1 is 1.22 bits per heavy atom. The van der Waals surface area contributed by atoms with E-state index < -0.39 is 29.6 Å². The number of esters is 1. The van der Waals surface area contributed by atoms with Crippen molar-refractivity contribution in [3.63, 3.8) is 0 Å². The third-order valence-corrected chi connectivity index (χ3v) is 3.29. The number of hydrogen-bond donors (Lipinski definition) is 1. The minimum atomic E-state index is -3.15. The van der Waals surface area contributed by atoms with Crippen molar-refractivity contribution in [2.75, 3.05) is 12.8 Å². The van der Waals surface area contributed by atoms with Crippen molar-refractivity contribution in [2.24, 2.45) is 0 Å². The van der Waals surface area contributed by atoms with Crippen LogP contribution in [0.1, 0.15) is 28.0 Å². The largest absolute Gasteiger partial charge is 0.464 e. The lowest BCUT2D eigenvalue weighted by molar-refractivity contribution is 0.0593. The van der Waals surface area contributed by atoms with E-state index in [9.17, 15) is 22.4 Å². The average Bonchev–Trinajstić information content (AvgIpc) is 2.50. The van der Waals surface area contributed by atoms with Crippen molar-refractivity contribution in [3.8, 4) is 11.3 Å². The van der Waals surface area contributed by atoms with Crippen LogP contribution in [0, 0.1) is 18.6 Å². The highest BCUT2D eigenvalue weighted by molar-refractivity contribution is 5.91. The van der Waals surface area contributed by atoms with Gasteiger partial charge in [0, 0.05) is 16.8 Å². The third kappa shape index (κ3) is 3.10. The SMILES string of the molecule is COC(=O)c1nc(-c2cc(F)c(C(F)F)cc2F)cc(N)c1C. The van der Waals surface area contributed by atoms with E-state index in [0.717, 1.165) is 7.11 Å². The molecule has 0 saturated carbocycles. The summed E-state index contributed by atoms with van der Waals surface area (Å²) >= 11 is 0. The summed E-state index contributed by atoms with van der Waals surface area (Å²) in [4.78, 5) is 15.6. The van der Waals surface area contributed by atoms with E-state index in [2.05, 4.69) is 9.72 Å². The number of benzene rings is 1. The molecule has 0 aliphatic rings. The van der Waals surface area contributed by atoms with Crippen molar-refractivity contribution in [3.05, 3.63) is 46.7 Å². The first-order chi connectivity index (χ1) is 10.8. The second-order valence-electron chi connectivity index (χ2n) is 4.72. The number of carbonyl (C=O) groups excluding carboxylic acids is 1. The fourth-order valence-corrected chi connectivity index (χ4v) is 1.99. The first-order valence-corrected chi connectivity index (χ1v) is 6.39. The lowest BCUT2D eigenvalue weighted by atomic mass is 10.0. The Morgan fingerprint density at radius 2 is 1.87 bits per heavy atom. The fraction of sp³-hybridized carbons (Fsp3) is 0.200. The zero-order valence-corrected chi connectivity index (χ0v) is 12.2. The van der Waals surface area contributed by atoms with Gasteiger partial charge in [-0.3, -0.25) is 0 Å². The van der Waals surface area contributed by atoms with Crippen LogP contribution in [-0.2, 0) is 4.74 Å². The summed E-state index contributed by atoms with van der Waals surface area (Å²) in [6.07, 6.45) is -3.15. The molecule has 2 aromatic rings. The summed E-state index contributed by atoms with van der Waals surface area (Å²) in [6.45, 7) is 1.51. The van der Waals surface area contributed by atoms with Crippen molar-refractivity contribution < 1.29 is 27.1 Å². The summed E-state index contributed by atoms with van der Waals surface area (Å²) in [7, 11) is 1.13. The van der Waals surface area contributed by atoms with Gasteiger partial charge in [-0.25, -0.2) is 27.3 Å². The van der Waals surface area contributed by atoms with Crippen LogP contribution in [0.3, 0.4) is 0 Å². The maximum Gasteiger partial charge on any atom is 0.357 e. The number of nitrogens with zero attached hydrogens (tertiary/aromatic N) is 1. The van der Waals surface area contributed by atoms with E-state index in [-0.39, 0.29) is 22.6 Å². The van der Waals surface area contributed by atoms with Crippen LogP contribution in [0.15, 0.2) is 18.2 Å². The van der Waals surface area contributed by atoms with E-state index in [1.807, 2.05) is 0 Å². The van der Waals surface area contributed by atoms with Crippen LogP contribution in [0.4, 0.5) is 23.2 Å². The van der Waals surface area contributed by atoms with Crippen molar-refractivity contribution in [1.29, 1.82) is 0 Å². The summed E-state index contributed by atoms with van der Waals surface area (Å²) in [5, 5.41) is 0. The van der Waals surface area contributed by atoms with Crippen molar-refractivity contribution >= 4 is 11.7 Å². The van der Waals surface area contributed by atoms with E-state index in [1.54, 1.807) is 0 Å². The van der Waals surface area contributed by atoms with E-state index in [1.165, 1.54) is 13.0 Å². The maximum absolute atomic E-state index is 14.0. The predicted molar refractivity (Wildman–Crippen MR) is 75.0 cm³/mol. The Kier molecular flexibility index (Phi) is 4.53. The minimum Gasteiger partial charge on any atom is -0.464 e. The third-order valence-electron chi connectivity index (χ3n) is 3.29. The Labute approximate surface area is 128 Å². The lowest BCUT2D eigenvalue weighted by Crippen LogP contribution is -2.10. The highest BCUT2D eigenvalue weighted by atomic mass is 19.3. The Hall–Kier alpha value is -2.64. The number of nitrogens with two attached hydrogens (primary N) is 1. The predicted octanol–water partition coefficient (Wildman–Crippen LogP) is 3.64. The standard InChI is InChI=1S/C15H12F4N2O2/c1-6-11(20)5-12(21-13(6)15(22)23-2)7-3-10(17)8(14(18)19)4-9(7)16/h3-5,14H,1-2H3,(H2,20,21). The number of methoxy groups -OCH3 is 1. The molecule has 0 aliphatic heterocycles. The van der Waals surface area contributed by atoms with Gasteiger partial charge >= 0.3 is 5.97 Å². The molecule has 2 rings (SSSR count). The summed E-state index contributed by atoms with van der Waals surface area (Å²) in [6, 6.07) is 2.21. The van der Waals surface area contributed by atoms with Gasteiger partial charge in [0.15, 0.2) is 5.69 Å². The van der Waals surface area contributed by atoms with Gasteiger partial charge in [-0.1, -0.05) is 0 Å². The number of carbonyl (C=O) groups is 1. The van der Waals surface area contributed by atoms with Gasteiger partial charge in [-0.2, -0.15) is 0 Å². The molecule has 0 atom stereocenters. The first kappa shape index (κ1) is 16.7. The van der Waals surface area contributed by atoms with Crippen LogP contribution in [0.25, 0.3) is 11.3 Å². The maximum atomic E-state index is 14.0. The summed E-state index contributed by atoms with van der Waals surface area (Å²) in [5.74, 6) is -3.19. The summed E-state index contributed by atoms with van der Waals surface area (Å²) in [5.41, 5.74) is 4.38. The number of hydrogen-bond acceptors (Lipinski definition) is 4. The van der Waals surface area contributed by atoms with Gasteiger partial charge < -0.3 is 10.5 Å². The van der Waals surface area contributed by atoms with Crippen LogP contribution >= 0.6 is 0 Å². The molecule has 0 saturated heterocycles. The highest BCUT2D eigenvalue weighted by Crippen LogP contribution is 2.31. The molecule has 2 N–H and O–H groups in total. The molecule has 0 aliphatic carbocycles. The van der Waals surface area contributed by atoms with E-state index in [0.29, 0.717) is 17.7 Å². The normalized spacial score (nSPS) is 10.9. The zero-order chi connectivity index (χ0) is 17.3. The summed E-state index contributed by atoms with van der Waals surface area (Å²) < 4.78 is 57.4. The molecule has 0 unspecified atom stereocenters. The molecule has 0 spiro atoms. The Bertz CT molecular complexity index is 779. The molecular weight excluding hydrogens is 316 g/mol. The number of alkyl halides is 2. The highest BCUT2D eigenvalue weighted by Gasteiger charge is 2.21. The molecule has 1 aromatic heterocycles. The monoisotopic (exact) mass is 328 g/mol. The van der Waals surface area contributed by atoms with Gasteiger partial charge in [0.2, 0.25) is 0 Å². The Balaban J connectivity index is 2.65. The fourth-order valence-electron chi connectivity index (χ4n) is 1.99. The van der Waals surface area contributed by atoms with Gasteiger partial charge in [0.25, 0.3) is 6.43 Å². The molecule has 0 amide bonds. The minimum absolute atomic E-state index is 0.105. The zero-order valence-electron chi connectivity index (χ0n) is 12.2. The second-order valence-corrected chi connectivity index (χ2v) is 4.72. The van der Waals surface area contributed by atoms with Gasteiger partial charge in [-0.05, 0) is 25.1 Å².